The summed E-state index contributed by atoms with van der Waals surface area (Å²) < 4.78 is 0. The monoisotopic (exact) mass is 456 g/mol. The molecule has 34 heavy (non-hydrogen) atoms. The molecule has 0 spiro atoms. The molecule has 2 heterocycles. The molecule has 1 N–H and O–H groups in total. The van der Waals surface area contributed by atoms with Gasteiger partial charge >= 0.3 is 5.91 Å². The molecule has 0 saturated carbocycles. The molecule has 1 aliphatic rings. The van der Waals surface area contributed by atoms with E-state index in [0.29, 0.717) is 22.7 Å². The molecule has 1 atom stereocenters. The molecule has 0 bridgehead atoms. The predicted octanol–water partition coefficient (Wildman–Crippen LogP) is 4.60. The van der Waals surface area contributed by atoms with Crippen LogP contribution in [0.2, 0.25) is 0 Å². The lowest BCUT2D eigenvalue weighted by Crippen LogP contribution is -2.30. The Bertz CT molecular complexity index is 1240. The summed E-state index contributed by atoms with van der Waals surface area (Å²) in [6.07, 6.45) is 0. The van der Waals surface area contributed by atoms with Crippen LogP contribution >= 0.6 is 0 Å². The quantitative estimate of drug-likeness (QED) is 0.343. The number of aliphatic hydroxyl groups excluding tert-OH is 1. The number of aliphatic hydroxyl groups is 1. The third kappa shape index (κ3) is 4.17. The largest absolute Gasteiger partial charge is 0.507 e. The average Bonchev–Trinajstić information content (AvgIpc) is 3.09. The molecular weight excluding hydrogens is 428 g/mol. The maximum Gasteiger partial charge on any atom is 0.301 e. The minimum Gasteiger partial charge on any atom is -0.507 e. The normalized spacial score (nSPS) is 17.5. The number of hydrogen-bond acceptors (Lipinski definition) is 6. The summed E-state index contributed by atoms with van der Waals surface area (Å²) in [6, 6.07) is 17.5. The third-order valence-corrected chi connectivity index (χ3v) is 6.05. The Kier molecular flexibility index (Phi) is 6.20. The Balaban J connectivity index is 1.89. The van der Waals surface area contributed by atoms with Crippen molar-refractivity contribution >= 4 is 29.0 Å². The number of benzene rings is 2. The van der Waals surface area contributed by atoms with E-state index in [1.165, 1.54) is 4.90 Å². The molecule has 4 rings (SSSR count). The smallest absolute Gasteiger partial charge is 0.301 e. The van der Waals surface area contributed by atoms with E-state index < -0.39 is 17.7 Å². The minimum atomic E-state index is -0.827. The lowest BCUT2D eigenvalue weighted by atomic mass is 9.93. The number of anilines is 2. The molecule has 7 nitrogen and oxygen atoms in total. The fraction of sp³-hybridized carbons (Fsp3) is 0.259. The van der Waals surface area contributed by atoms with Crippen molar-refractivity contribution in [3.63, 3.8) is 0 Å². The molecule has 1 amide bonds. The van der Waals surface area contributed by atoms with E-state index >= 15 is 0 Å². The van der Waals surface area contributed by atoms with Gasteiger partial charge in [-0.2, -0.15) is 5.10 Å². The Hall–Kier alpha value is -4.00. The first-order valence-electron chi connectivity index (χ1n) is 11.2. The minimum absolute atomic E-state index is 0.0299. The molecular formula is C27H28N4O3. The molecule has 1 unspecified atom stereocenters. The van der Waals surface area contributed by atoms with Crippen LogP contribution < -0.4 is 9.80 Å². The molecule has 1 saturated heterocycles. The summed E-state index contributed by atoms with van der Waals surface area (Å²) in [5, 5.41) is 19.5. The number of aromatic nitrogens is 2. The summed E-state index contributed by atoms with van der Waals surface area (Å²) in [5.74, 6) is -1.13. The van der Waals surface area contributed by atoms with Crippen LogP contribution in [0.15, 0.2) is 66.2 Å². The second-order valence-electron chi connectivity index (χ2n) is 8.96. The fourth-order valence-electron chi connectivity index (χ4n) is 4.04. The fourth-order valence-corrected chi connectivity index (χ4v) is 4.04. The lowest BCUT2D eigenvalue weighted by molar-refractivity contribution is -0.132. The van der Waals surface area contributed by atoms with Gasteiger partial charge < -0.3 is 10.0 Å². The zero-order chi connectivity index (χ0) is 24.6. The van der Waals surface area contributed by atoms with Crippen molar-refractivity contribution in [1.29, 1.82) is 0 Å². The highest BCUT2D eigenvalue weighted by Gasteiger charge is 2.47. The van der Waals surface area contributed by atoms with Crippen LogP contribution in [0.4, 0.5) is 11.5 Å². The van der Waals surface area contributed by atoms with Gasteiger partial charge in [0.2, 0.25) is 0 Å². The first-order chi connectivity index (χ1) is 16.2. The van der Waals surface area contributed by atoms with E-state index in [1.54, 1.807) is 31.2 Å². The molecule has 2 aromatic carbocycles. The summed E-state index contributed by atoms with van der Waals surface area (Å²) in [6.45, 7) is 5.99. The van der Waals surface area contributed by atoms with Gasteiger partial charge in [0.1, 0.15) is 5.76 Å². The molecule has 1 aliphatic heterocycles. The maximum absolute atomic E-state index is 13.2. The molecule has 0 aliphatic carbocycles. The van der Waals surface area contributed by atoms with Crippen molar-refractivity contribution in [3.05, 3.63) is 88.6 Å². The van der Waals surface area contributed by atoms with Gasteiger partial charge in [0.25, 0.3) is 5.78 Å². The zero-order valence-electron chi connectivity index (χ0n) is 20.0. The summed E-state index contributed by atoms with van der Waals surface area (Å²) in [5.41, 5.74) is 3.98. The van der Waals surface area contributed by atoms with Crippen LogP contribution in [0.5, 0.6) is 0 Å². The van der Waals surface area contributed by atoms with Crippen LogP contribution in [0.25, 0.3) is 5.76 Å². The van der Waals surface area contributed by atoms with Gasteiger partial charge in [-0.3, -0.25) is 14.5 Å². The van der Waals surface area contributed by atoms with Crippen LogP contribution in [0.1, 0.15) is 48.2 Å². The average molecular weight is 457 g/mol. The number of nitrogens with zero attached hydrogens (tertiary/aromatic N) is 4. The number of carbonyl (C=O) groups excluding carboxylic acids is 2. The molecule has 3 aromatic rings. The van der Waals surface area contributed by atoms with E-state index in [1.807, 2.05) is 55.4 Å². The van der Waals surface area contributed by atoms with E-state index in [-0.39, 0.29) is 17.2 Å². The van der Waals surface area contributed by atoms with Crippen molar-refractivity contribution in [2.75, 3.05) is 23.9 Å². The van der Waals surface area contributed by atoms with E-state index in [4.69, 9.17) is 0 Å². The second kappa shape index (κ2) is 9.09. The van der Waals surface area contributed by atoms with Crippen molar-refractivity contribution in [2.24, 2.45) is 0 Å². The number of amides is 1. The van der Waals surface area contributed by atoms with Crippen molar-refractivity contribution in [1.82, 2.24) is 10.2 Å². The molecule has 7 heteroatoms. The molecule has 1 aromatic heterocycles. The number of Topliss-reactive ketones (excluding diaryl/α,β-unsaturated/α-hetero) is 1. The standard InChI is InChI=1S/C27H28N4O3/c1-16(2)18-7-9-19(10-8-18)24-23(25(32)20-11-13-21(14-12-20)30(4)5)26(33)27(34)31(24)22-15-6-17(3)28-29-22/h6-16,24,32H,1-5H3. The van der Waals surface area contributed by atoms with Gasteiger partial charge in [-0.1, -0.05) is 38.1 Å². The van der Waals surface area contributed by atoms with Gasteiger partial charge in [-0.25, -0.2) is 0 Å². The highest BCUT2D eigenvalue weighted by atomic mass is 16.3. The Labute approximate surface area is 199 Å². The zero-order valence-corrected chi connectivity index (χ0v) is 20.0. The van der Waals surface area contributed by atoms with E-state index in [0.717, 1.165) is 11.3 Å². The van der Waals surface area contributed by atoms with Crippen molar-refractivity contribution in [3.8, 4) is 0 Å². The number of rotatable bonds is 5. The van der Waals surface area contributed by atoms with Crippen molar-refractivity contribution < 1.29 is 14.7 Å². The number of aryl methyl sites for hydroxylation is 1. The number of hydrogen-bond donors (Lipinski definition) is 1. The number of ketones is 1. The van der Waals surface area contributed by atoms with Gasteiger partial charge in [0.15, 0.2) is 5.82 Å². The Morgan fingerprint density at radius 1 is 0.941 bits per heavy atom. The van der Waals surface area contributed by atoms with Gasteiger partial charge in [0, 0.05) is 25.3 Å². The van der Waals surface area contributed by atoms with E-state index in [9.17, 15) is 14.7 Å². The highest BCUT2D eigenvalue weighted by Crippen LogP contribution is 2.41. The summed E-state index contributed by atoms with van der Waals surface area (Å²) in [7, 11) is 3.84. The van der Waals surface area contributed by atoms with Crippen LogP contribution in [0.3, 0.4) is 0 Å². The lowest BCUT2D eigenvalue weighted by Gasteiger charge is -2.24. The summed E-state index contributed by atoms with van der Waals surface area (Å²) in [4.78, 5) is 29.7. The summed E-state index contributed by atoms with van der Waals surface area (Å²) >= 11 is 0. The predicted molar refractivity (Wildman–Crippen MR) is 133 cm³/mol. The van der Waals surface area contributed by atoms with Crippen LogP contribution in [-0.2, 0) is 9.59 Å². The first kappa shape index (κ1) is 23.2. The molecule has 1 fully saturated rings. The third-order valence-electron chi connectivity index (χ3n) is 6.05. The van der Waals surface area contributed by atoms with E-state index in [2.05, 4.69) is 24.0 Å². The molecule has 174 valence electrons. The van der Waals surface area contributed by atoms with Gasteiger partial charge in [0.05, 0.1) is 17.3 Å². The second-order valence-corrected chi connectivity index (χ2v) is 8.96. The Morgan fingerprint density at radius 2 is 1.59 bits per heavy atom. The molecule has 0 radical (unpaired) electrons. The van der Waals surface area contributed by atoms with Crippen LogP contribution in [0, 0.1) is 6.92 Å². The SMILES string of the molecule is Cc1ccc(N2C(=O)C(=O)C(=C(O)c3ccc(N(C)C)cc3)C2c2ccc(C(C)C)cc2)nn1. The van der Waals surface area contributed by atoms with Gasteiger partial charge in [-0.15, -0.1) is 5.10 Å². The highest BCUT2D eigenvalue weighted by molar-refractivity contribution is 6.51. The maximum atomic E-state index is 13.2. The van der Waals surface area contributed by atoms with Crippen LogP contribution in [-0.4, -0.2) is 41.1 Å². The van der Waals surface area contributed by atoms with Gasteiger partial charge in [-0.05, 0) is 60.4 Å². The number of carbonyl (C=O) groups is 2. The Morgan fingerprint density at radius 3 is 2.12 bits per heavy atom. The first-order valence-corrected chi connectivity index (χ1v) is 11.2. The topological polar surface area (TPSA) is 86.6 Å². The van der Waals surface area contributed by atoms with Crippen molar-refractivity contribution in [2.45, 2.75) is 32.7 Å².